The molecule has 0 bridgehead atoms. The first-order chi connectivity index (χ1) is 11.9. The molecule has 2 aromatic rings. The molecule has 0 atom stereocenters. The summed E-state index contributed by atoms with van der Waals surface area (Å²) in [5, 5.41) is 4.05. The van der Waals surface area contributed by atoms with Crippen LogP contribution in [0.2, 0.25) is 0 Å². The molecule has 0 saturated heterocycles. The average molecular weight is 552 g/mol. The van der Waals surface area contributed by atoms with Gasteiger partial charge in [0.05, 0.1) is 17.8 Å². The second-order valence-corrected chi connectivity index (χ2v) is 7.72. The standard InChI is InChI=1S/C16H14Br3N3O2S/c1-23-12-6-10(7-21-22-16(20)25)13(18)14(19)15(12)24-8-9-2-4-11(17)5-3-9/h2-7H,8H2,1H3,(H3,20,22,25)/b21-7+. The van der Waals surface area contributed by atoms with E-state index in [-0.39, 0.29) is 5.11 Å². The average Bonchev–Trinajstić information content (AvgIpc) is 2.58. The van der Waals surface area contributed by atoms with Crippen molar-refractivity contribution in [2.45, 2.75) is 6.61 Å². The Morgan fingerprint density at radius 1 is 1.24 bits per heavy atom. The number of hydrazone groups is 1. The fourth-order valence-corrected chi connectivity index (χ4v) is 3.14. The van der Waals surface area contributed by atoms with Crippen LogP contribution in [0.3, 0.4) is 0 Å². The first kappa shape index (κ1) is 20.2. The Bertz CT molecular complexity index is 798. The highest BCUT2D eigenvalue weighted by Gasteiger charge is 2.16. The van der Waals surface area contributed by atoms with Gasteiger partial charge in [-0.15, -0.1) is 0 Å². The van der Waals surface area contributed by atoms with Crippen LogP contribution in [0.15, 0.2) is 48.9 Å². The van der Waals surface area contributed by atoms with Crippen LogP contribution < -0.4 is 20.6 Å². The minimum absolute atomic E-state index is 0.0906. The van der Waals surface area contributed by atoms with E-state index in [9.17, 15) is 0 Å². The van der Waals surface area contributed by atoms with Crippen molar-refractivity contribution in [3.8, 4) is 11.5 Å². The summed E-state index contributed by atoms with van der Waals surface area (Å²) in [4.78, 5) is 0. The summed E-state index contributed by atoms with van der Waals surface area (Å²) in [6.45, 7) is 0.408. The number of thiocarbonyl (C=S) groups is 1. The smallest absolute Gasteiger partial charge is 0.184 e. The van der Waals surface area contributed by atoms with Gasteiger partial charge in [-0.25, -0.2) is 0 Å². The van der Waals surface area contributed by atoms with Crippen molar-refractivity contribution in [2.75, 3.05) is 7.11 Å². The number of halogens is 3. The molecule has 5 nitrogen and oxygen atoms in total. The molecular weight excluding hydrogens is 538 g/mol. The highest BCUT2D eigenvalue weighted by molar-refractivity contribution is 9.13. The number of nitrogens with two attached hydrogens (primary N) is 1. The summed E-state index contributed by atoms with van der Waals surface area (Å²) in [5.41, 5.74) is 9.67. The molecule has 0 unspecified atom stereocenters. The van der Waals surface area contributed by atoms with E-state index in [1.807, 2.05) is 24.3 Å². The second kappa shape index (κ2) is 9.51. The number of benzene rings is 2. The van der Waals surface area contributed by atoms with Gasteiger partial charge in [-0.2, -0.15) is 5.10 Å². The van der Waals surface area contributed by atoms with Crippen LogP contribution in [0.4, 0.5) is 0 Å². The summed E-state index contributed by atoms with van der Waals surface area (Å²) < 4.78 is 13.9. The van der Waals surface area contributed by atoms with Gasteiger partial charge in [-0.3, -0.25) is 5.43 Å². The maximum atomic E-state index is 5.95. The molecule has 0 aliphatic rings. The molecular formula is C16H14Br3N3O2S. The van der Waals surface area contributed by atoms with Crippen LogP contribution in [0, 0.1) is 0 Å². The van der Waals surface area contributed by atoms with Gasteiger partial charge in [0.15, 0.2) is 16.6 Å². The number of ether oxygens (including phenoxy) is 2. The quantitative estimate of drug-likeness (QED) is 0.309. The fraction of sp³-hybridized carbons (Fsp3) is 0.125. The van der Waals surface area contributed by atoms with E-state index in [2.05, 4.69) is 58.3 Å². The summed E-state index contributed by atoms with van der Waals surface area (Å²) in [6.07, 6.45) is 1.58. The third-order valence-electron chi connectivity index (χ3n) is 3.05. The highest BCUT2D eigenvalue weighted by atomic mass is 79.9. The van der Waals surface area contributed by atoms with Gasteiger partial charge in [0.1, 0.15) is 6.61 Å². The minimum Gasteiger partial charge on any atom is -0.493 e. The van der Waals surface area contributed by atoms with Crippen LogP contribution in [0.1, 0.15) is 11.1 Å². The number of methoxy groups -OCH3 is 1. The van der Waals surface area contributed by atoms with Gasteiger partial charge in [0.2, 0.25) is 0 Å². The number of nitrogens with one attached hydrogen (secondary N) is 1. The van der Waals surface area contributed by atoms with E-state index in [1.54, 1.807) is 19.4 Å². The van der Waals surface area contributed by atoms with Crippen molar-refractivity contribution >= 4 is 71.3 Å². The SMILES string of the molecule is COc1cc(/C=N/NC(N)=S)c(Br)c(Br)c1OCc1ccc(Br)cc1. The van der Waals surface area contributed by atoms with E-state index in [4.69, 9.17) is 27.4 Å². The molecule has 9 heteroatoms. The molecule has 3 N–H and O–H groups in total. The Kier molecular flexibility index (Phi) is 7.67. The molecule has 0 fully saturated rings. The lowest BCUT2D eigenvalue weighted by molar-refractivity contribution is 0.282. The number of hydrogen-bond acceptors (Lipinski definition) is 4. The molecule has 0 heterocycles. The zero-order valence-electron chi connectivity index (χ0n) is 13.1. The largest absolute Gasteiger partial charge is 0.493 e. The Labute approximate surface area is 176 Å². The van der Waals surface area contributed by atoms with E-state index in [0.29, 0.717) is 18.1 Å². The minimum atomic E-state index is 0.0906. The molecule has 2 rings (SSSR count). The van der Waals surface area contributed by atoms with Gasteiger partial charge in [-0.05, 0) is 67.8 Å². The van der Waals surface area contributed by atoms with Crippen LogP contribution in [-0.4, -0.2) is 18.4 Å². The molecule has 25 heavy (non-hydrogen) atoms. The maximum Gasteiger partial charge on any atom is 0.184 e. The molecule has 2 aromatic carbocycles. The Morgan fingerprint density at radius 3 is 2.52 bits per heavy atom. The Morgan fingerprint density at radius 2 is 1.92 bits per heavy atom. The summed E-state index contributed by atoms with van der Waals surface area (Å²) in [5.74, 6) is 1.17. The van der Waals surface area contributed by atoms with Crippen molar-refractivity contribution < 1.29 is 9.47 Å². The van der Waals surface area contributed by atoms with Gasteiger partial charge >= 0.3 is 0 Å². The number of nitrogens with zero attached hydrogens (tertiary/aromatic N) is 1. The summed E-state index contributed by atoms with van der Waals surface area (Å²) in [7, 11) is 1.58. The van der Waals surface area contributed by atoms with E-state index in [0.717, 1.165) is 24.5 Å². The van der Waals surface area contributed by atoms with Crippen molar-refractivity contribution in [2.24, 2.45) is 10.8 Å². The number of hydrogen-bond donors (Lipinski definition) is 2. The van der Waals surface area contributed by atoms with Gasteiger partial charge in [-0.1, -0.05) is 28.1 Å². The first-order valence-electron chi connectivity index (χ1n) is 6.94. The summed E-state index contributed by atoms with van der Waals surface area (Å²) >= 11 is 15.2. The lowest BCUT2D eigenvalue weighted by Crippen LogP contribution is -2.24. The van der Waals surface area contributed by atoms with Crippen LogP contribution >= 0.6 is 60.0 Å². The Hall–Kier alpha value is -1.16. The molecule has 132 valence electrons. The predicted molar refractivity (Wildman–Crippen MR) is 114 cm³/mol. The molecule has 0 aromatic heterocycles. The number of rotatable bonds is 6. The molecule has 0 aliphatic carbocycles. The van der Waals surface area contributed by atoms with Crippen LogP contribution in [0.25, 0.3) is 0 Å². The molecule has 0 spiro atoms. The van der Waals surface area contributed by atoms with Gasteiger partial charge in [0.25, 0.3) is 0 Å². The highest BCUT2D eigenvalue weighted by Crippen LogP contribution is 2.42. The topological polar surface area (TPSA) is 68.9 Å². The van der Waals surface area contributed by atoms with Crippen molar-refractivity contribution in [3.05, 3.63) is 54.9 Å². The summed E-state index contributed by atoms with van der Waals surface area (Å²) in [6, 6.07) is 9.71. The Balaban J connectivity index is 2.25. The molecule has 0 radical (unpaired) electrons. The zero-order chi connectivity index (χ0) is 18.4. The second-order valence-electron chi connectivity index (χ2n) is 4.77. The zero-order valence-corrected chi connectivity index (χ0v) is 18.6. The van der Waals surface area contributed by atoms with E-state index < -0.39 is 0 Å². The van der Waals surface area contributed by atoms with Crippen molar-refractivity contribution in [1.82, 2.24) is 5.43 Å². The van der Waals surface area contributed by atoms with Crippen LogP contribution in [-0.2, 0) is 6.61 Å². The third kappa shape index (κ3) is 5.67. The molecule has 0 saturated carbocycles. The third-order valence-corrected chi connectivity index (χ3v) is 5.81. The first-order valence-corrected chi connectivity index (χ1v) is 9.72. The lowest BCUT2D eigenvalue weighted by atomic mass is 10.2. The molecule has 0 amide bonds. The van der Waals surface area contributed by atoms with Crippen molar-refractivity contribution in [1.29, 1.82) is 0 Å². The monoisotopic (exact) mass is 549 g/mol. The van der Waals surface area contributed by atoms with E-state index >= 15 is 0 Å². The fourth-order valence-electron chi connectivity index (χ4n) is 1.89. The van der Waals surface area contributed by atoms with Crippen molar-refractivity contribution in [3.63, 3.8) is 0 Å². The lowest BCUT2D eigenvalue weighted by Gasteiger charge is -2.15. The molecule has 0 aliphatic heterocycles. The predicted octanol–water partition coefficient (Wildman–Crippen LogP) is 4.73. The normalized spacial score (nSPS) is 10.7. The van der Waals surface area contributed by atoms with Gasteiger partial charge < -0.3 is 15.2 Å². The van der Waals surface area contributed by atoms with E-state index in [1.165, 1.54) is 0 Å². The maximum absolute atomic E-state index is 5.95. The van der Waals surface area contributed by atoms with Gasteiger partial charge in [0, 0.05) is 14.5 Å². The van der Waals surface area contributed by atoms with Crippen LogP contribution in [0.5, 0.6) is 11.5 Å².